The smallest absolute Gasteiger partial charge is 0.249 e. The molecule has 0 aromatic carbocycles. The van der Waals surface area contributed by atoms with Crippen LogP contribution in [0.15, 0.2) is 0 Å². The van der Waals surface area contributed by atoms with Crippen LogP contribution in [-0.2, 0) is 14.3 Å². The van der Waals surface area contributed by atoms with Gasteiger partial charge in [-0.25, -0.2) is 0 Å². The van der Waals surface area contributed by atoms with Crippen LogP contribution >= 0.6 is 0 Å². The van der Waals surface area contributed by atoms with E-state index in [1.54, 1.807) is 0 Å². The molecular weight excluding hydrogens is 498 g/mol. The first-order chi connectivity index (χ1) is 18.2. The molecule has 8 N–H and O–H groups in total. The number of carbonyl (C=O) groups is 1. The number of hydrogen-bond donors (Lipinski definition) is 8. The van der Waals surface area contributed by atoms with Gasteiger partial charge in [-0.05, 0) is 12.8 Å². The van der Waals surface area contributed by atoms with E-state index in [4.69, 9.17) is 9.47 Å². The summed E-state index contributed by atoms with van der Waals surface area (Å²) in [5, 5.41) is 73.9. The molecule has 11 nitrogen and oxygen atoms in total. The van der Waals surface area contributed by atoms with E-state index in [1.165, 1.54) is 12.8 Å². The number of hydrogen-bond acceptors (Lipinski definition) is 10. The molecule has 0 saturated carbocycles. The Morgan fingerprint density at radius 2 is 1.37 bits per heavy atom. The molecule has 0 aliphatic carbocycles. The van der Waals surface area contributed by atoms with Crippen LogP contribution in [-0.4, -0.2) is 110 Å². The van der Waals surface area contributed by atoms with Crippen LogP contribution in [0.3, 0.4) is 0 Å². The maximum absolute atomic E-state index is 12.6. The molecule has 11 heteroatoms. The summed E-state index contributed by atoms with van der Waals surface area (Å²) in [6, 6.07) is -1.15. The van der Waals surface area contributed by atoms with Crippen molar-refractivity contribution in [2.24, 2.45) is 0 Å². The summed E-state index contributed by atoms with van der Waals surface area (Å²) < 4.78 is 10.9. The Balaban J connectivity index is 2.75. The van der Waals surface area contributed by atoms with Crippen molar-refractivity contribution < 1.29 is 50.0 Å². The van der Waals surface area contributed by atoms with Crippen molar-refractivity contribution >= 4 is 5.91 Å². The van der Waals surface area contributed by atoms with Crippen LogP contribution in [0, 0.1) is 0 Å². The van der Waals surface area contributed by atoms with Crippen molar-refractivity contribution in [1.29, 1.82) is 0 Å². The number of carbonyl (C=O) groups excluding carboxylic acids is 1. The maximum Gasteiger partial charge on any atom is 0.249 e. The first-order valence-electron chi connectivity index (χ1n) is 14.4. The molecule has 226 valence electrons. The number of rotatable bonds is 21. The van der Waals surface area contributed by atoms with E-state index in [0.29, 0.717) is 19.3 Å². The van der Waals surface area contributed by atoms with Gasteiger partial charge in [0, 0.05) is 0 Å². The Hall–Kier alpha value is -0.890. The van der Waals surface area contributed by atoms with Gasteiger partial charge in [0.15, 0.2) is 6.29 Å². The second-order valence-electron chi connectivity index (χ2n) is 10.5. The molecule has 1 rings (SSSR count). The summed E-state index contributed by atoms with van der Waals surface area (Å²) in [5.41, 5.74) is 0. The zero-order chi connectivity index (χ0) is 28.5. The Morgan fingerprint density at radius 3 is 1.97 bits per heavy atom. The minimum atomic E-state index is -1.65. The summed E-state index contributed by atoms with van der Waals surface area (Å²) in [7, 11) is 0. The summed E-state index contributed by atoms with van der Waals surface area (Å²) >= 11 is 0. The van der Waals surface area contributed by atoms with Gasteiger partial charge in [-0.3, -0.25) is 4.79 Å². The molecule has 0 aromatic heterocycles. The predicted octanol–water partition coefficient (Wildman–Crippen LogP) is 0.482. The van der Waals surface area contributed by atoms with E-state index < -0.39 is 74.2 Å². The SMILES string of the molecule is CCCCCCCCC[C@@H](O)[C@@H](O)[C@H](CO[C@@H]1O[C@H](CO)[C@@H](O)[C@H](O)[C@H]1O)NC(=O)[C@H](O)CCCCCC. The van der Waals surface area contributed by atoms with E-state index in [0.717, 1.165) is 44.9 Å². The summed E-state index contributed by atoms with van der Waals surface area (Å²) in [5.74, 6) is -0.717. The Morgan fingerprint density at radius 1 is 0.816 bits per heavy atom. The fourth-order valence-corrected chi connectivity index (χ4v) is 4.55. The van der Waals surface area contributed by atoms with Gasteiger partial charge < -0.3 is 50.5 Å². The summed E-state index contributed by atoms with van der Waals surface area (Å²) in [6.07, 6.45) is 0.0125. The van der Waals surface area contributed by atoms with Crippen LogP contribution in [0.4, 0.5) is 0 Å². The lowest BCUT2D eigenvalue weighted by Gasteiger charge is -2.40. The lowest BCUT2D eigenvalue weighted by atomic mass is 9.98. The van der Waals surface area contributed by atoms with Gasteiger partial charge in [0.05, 0.1) is 25.4 Å². The molecule has 0 unspecified atom stereocenters. The molecule has 0 spiro atoms. The minimum absolute atomic E-state index is 0.253. The topological polar surface area (TPSA) is 189 Å². The maximum atomic E-state index is 12.6. The average molecular weight is 552 g/mol. The highest BCUT2D eigenvalue weighted by Crippen LogP contribution is 2.23. The first kappa shape index (κ1) is 35.1. The first-order valence-corrected chi connectivity index (χ1v) is 14.4. The monoisotopic (exact) mass is 551 g/mol. The van der Waals surface area contributed by atoms with Crippen molar-refractivity contribution in [3.05, 3.63) is 0 Å². The number of ether oxygens (including phenoxy) is 2. The lowest BCUT2D eigenvalue weighted by molar-refractivity contribution is -0.303. The Labute approximate surface area is 227 Å². The number of aliphatic hydroxyl groups excluding tert-OH is 7. The van der Waals surface area contributed by atoms with Gasteiger partial charge in [-0.2, -0.15) is 0 Å². The lowest BCUT2D eigenvalue weighted by Crippen LogP contribution is -2.60. The molecule has 9 atom stereocenters. The third-order valence-corrected chi connectivity index (χ3v) is 7.16. The van der Waals surface area contributed by atoms with Gasteiger partial charge in [0.25, 0.3) is 0 Å². The Kier molecular flexibility index (Phi) is 18.5. The second-order valence-corrected chi connectivity index (χ2v) is 10.5. The van der Waals surface area contributed by atoms with E-state index in [-0.39, 0.29) is 6.42 Å². The van der Waals surface area contributed by atoms with Crippen molar-refractivity contribution in [2.75, 3.05) is 13.2 Å². The van der Waals surface area contributed by atoms with Crippen molar-refractivity contribution in [3.63, 3.8) is 0 Å². The fraction of sp³-hybridized carbons (Fsp3) is 0.963. The van der Waals surface area contributed by atoms with Gasteiger partial charge >= 0.3 is 0 Å². The van der Waals surface area contributed by atoms with E-state index in [9.17, 15) is 40.5 Å². The van der Waals surface area contributed by atoms with Crippen LogP contribution in [0.5, 0.6) is 0 Å². The highest BCUT2D eigenvalue weighted by Gasteiger charge is 2.44. The number of nitrogens with one attached hydrogen (secondary N) is 1. The zero-order valence-corrected chi connectivity index (χ0v) is 23.2. The highest BCUT2D eigenvalue weighted by atomic mass is 16.7. The van der Waals surface area contributed by atoms with Crippen LogP contribution in [0.2, 0.25) is 0 Å². The molecule has 1 heterocycles. The Bertz CT molecular complexity index is 610. The van der Waals surface area contributed by atoms with Crippen LogP contribution < -0.4 is 5.32 Å². The molecule has 38 heavy (non-hydrogen) atoms. The molecule has 0 bridgehead atoms. The standard InChI is InChI=1S/C27H53NO10/c1-3-5-7-9-10-11-13-14-19(30)22(32)18(28-26(36)20(31)15-12-8-6-4-2)17-37-27-25(35)24(34)23(33)21(16-29)38-27/h18-25,27,29-35H,3-17H2,1-2H3,(H,28,36)/t18-,19+,20+,21+,22-,23+,24-,25+,27+/m0/s1. The number of amides is 1. The summed E-state index contributed by atoms with van der Waals surface area (Å²) in [4.78, 5) is 12.6. The van der Waals surface area contributed by atoms with E-state index in [1.807, 2.05) is 0 Å². The van der Waals surface area contributed by atoms with E-state index in [2.05, 4.69) is 19.2 Å². The molecule has 1 saturated heterocycles. The largest absolute Gasteiger partial charge is 0.394 e. The third kappa shape index (κ3) is 12.5. The predicted molar refractivity (Wildman–Crippen MR) is 141 cm³/mol. The van der Waals surface area contributed by atoms with Crippen molar-refractivity contribution in [2.45, 2.75) is 152 Å². The molecule has 1 aliphatic rings. The van der Waals surface area contributed by atoms with Gasteiger partial charge in [0.2, 0.25) is 5.91 Å². The minimum Gasteiger partial charge on any atom is -0.394 e. The molecular formula is C27H53NO10. The quantitative estimate of drug-likeness (QED) is 0.0932. The van der Waals surface area contributed by atoms with Crippen LogP contribution in [0.1, 0.15) is 97.3 Å². The summed E-state index contributed by atoms with van der Waals surface area (Å²) in [6.45, 7) is 3.16. The van der Waals surface area contributed by atoms with Gasteiger partial charge in [-0.15, -0.1) is 0 Å². The van der Waals surface area contributed by atoms with Crippen molar-refractivity contribution in [3.8, 4) is 0 Å². The molecule has 1 amide bonds. The average Bonchev–Trinajstić information content (AvgIpc) is 2.91. The normalized spacial score (nSPS) is 27.0. The highest BCUT2D eigenvalue weighted by molar-refractivity contribution is 5.80. The third-order valence-electron chi connectivity index (χ3n) is 7.16. The molecule has 0 radical (unpaired) electrons. The zero-order valence-electron chi connectivity index (χ0n) is 23.2. The van der Waals surface area contributed by atoms with E-state index >= 15 is 0 Å². The number of unbranched alkanes of at least 4 members (excludes halogenated alkanes) is 9. The fourth-order valence-electron chi connectivity index (χ4n) is 4.55. The second kappa shape index (κ2) is 20.1. The van der Waals surface area contributed by atoms with Crippen LogP contribution in [0.25, 0.3) is 0 Å². The van der Waals surface area contributed by atoms with Gasteiger partial charge in [0.1, 0.15) is 36.6 Å². The number of aliphatic hydroxyl groups is 7. The van der Waals surface area contributed by atoms with Gasteiger partial charge in [-0.1, -0.05) is 84.5 Å². The molecule has 0 aromatic rings. The molecule has 1 fully saturated rings. The van der Waals surface area contributed by atoms with Crippen molar-refractivity contribution in [1.82, 2.24) is 5.32 Å². The molecule has 1 aliphatic heterocycles.